The Balaban J connectivity index is 1.99. The molecule has 7 heteroatoms. The summed E-state index contributed by atoms with van der Waals surface area (Å²) < 4.78 is 44.2. The normalized spacial score (nSPS) is 10.2. The average molecular weight is 296 g/mol. The zero-order chi connectivity index (χ0) is 15.4. The molecule has 2 rings (SSSR count). The first-order valence-electron chi connectivity index (χ1n) is 5.89. The highest BCUT2D eigenvalue weighted by Gasteiger charge is 2.12. The minimum absolute atomic E-state index is 0.0282. The van der Waals surface area contributed by atoms with Crippen LogP contribution in [0, 0.1) is 17.5 Å². The van der Waals surface area contributed by atoms with Gasteiger partial charge in [0.05, 0.1) is 11.4 Å². The number of nitrogens with one attached hydrogen (secondary N) is 1. The molecule has 4 nitrogen and oxygen atoms in total. The van der Waals surface area contributed by atoms with E-state index in [2.05, 4.69) is 5.32 Å². The van der Waals surface area contributed by atoms with Crippen molar-refractivity contribution < 1.29 is 22.7 Å². The Bertz CT molecular complexity index is 657. The van der Waals surface area contributed by atoms with Crippen molar-refractivity contribution in [2.24, 2.45) is 0 Å². The summed E-state index contributed by atoms with van der Waals surface area (Å²) in [4.78, 5) is 11.6. The molecule has 0 radical (unpaired) electrons. The number of amides is 1. The molecule has 0 aromatic heterocycles. The number of hydrogen-bond donors (Lipinski definition) is 2. The fraction of sp³-hybridized carbons (Fsp3) is 0.0714. The van der Waals surface area contributed by atoms with Crippen molar-refractivity contribution in [3.63, 3.8) is 0 Å². The molecule has 3 N–H and O–H groups in total. The molecule has 2 aromatic rings. The number of halogens is 3. The van der Waals surface area contributed by atoms with Crippen molar-refractivity contribution in [3.05, 3.63) is 53.8 Å². The maximum Gasteiger partial charge on any atom is 0.262 e. The quantitative estimate of drug-likeness (QED) is 0.853. The van der Waals surface area contributed by atoms with Gasteiger partial charge >= 0.3 is 0 Å². The van der Waals surface area contributed by atoms with Gasteiger partial charge in [0.25, 0.3) is 5.91 Å². The number of anilines is 2. The average Bonchev–Trinajstić information content (AvgIpc) is 2.41. The number of nitrogen functional groups attached to an aromatic ring is 1. The molecule has 21 heavy (non-hydrogen) atoms. The Hall–Kier alpha value is -2.70. The summed E-state index contributed by atoms with van der Waals surface area (Å²) >= 11 is 0. The summed E-state index contributed by atoms with van der Waals surface area (Å²) in [5, 5.41) is 2.35. The molecule has 0 fully saturated rings. The van der Waals surface area contributed by atoms with Crippen LogP contribution in [0.5, 0.6) is 5.75 Å². The number of nitrogens with two attached hydrogens (primary N) is 1. The predicted octanol–water partition coefficient (Wildman–Crippen LogP) is 2.70. The van der Waals surface area contributed by atoms with E-state index in [0.29, 0.717) is 0 Å². The zero-order valence-electron chi connectivity index (χ0n) is 10.7. The van der Waals surface area contributed by atoms with E-state index < -0.39 is 35.7 Å². The van der Waals surface area contributed by atoms with E-state index in [-0.39, 0.29) is 11.4 Å². The summed E-state index contributed by atoms with van der Waals surface area (Å²) in [7, 11) is 0. The Morgan fingerprint density at radius 3 is 2.43 bits per heavy atom. The van der Waals surface area contributed by atoms with Crippen molar-refractivity contribution in [3.8, 4) is 5.75 Å². The van der Waals surface area contributed by atoms with E-state index in [9.17, 15) is 18.0 Å². The highest BCUT2D eigenvalue weighted by atomic mass is 19.1. The third kappa shape index (κ3) is 3.65. The van der Waals surface area contributed by atoms with Crippen LogP contribution in [-0.4, -0.2) is 12.5 Å². The van der Waals surface area contributed by atoms with Crippen LogP contribution in [-0.2, 0) is 4.79 Å². The van der Waals surface area contributed by atoms with E-state index in [1.54, 1.807) is 0 Å². The second-order valence-electron chi connectivity index (χ2n) is 4.12. The van der Waals surface area contributed by atoms with Crippen LogP contribution in [0.1, 0.15) is 0 Å². The zero-order valence-corrected chi connectivity index (χ0v) is 10.7. The molecule has 0 aliphatic rings. The van der Waals surface area contributed by atoms with Crippen LogP contribution in [0.2, 0.25) is 0 Å². The van der Waals surface area contributed by atoms with Crippen LogP contribution in [0.4, 0.5) is 24.5 Å². The Morgan fingerprint density at radius 2 is 1.81 bits per heavy atom. The van der Waals surface area contributed by atoms with Crippen LogP contribution in [0.15, 0.2) is 36.4 Å². The van der Waals surface area contributed by atoms with Crippen molar-refractivity contribution in [1.29, 1.82) is 0 Å². The molecule has 0 aliphatic heterocycles. The number of carbonyl (C=O) groups excluding carboxylic acids is 1. The molecule has 2 aromatic carbocycles. The van der Waals surface area contributed by atoms with Gasteiger partial charge in [-0.3, -0.25) is 4.79 Å². The first-order chi connectivity index (χ1) is 9.97. The topological polar surface area (TPSA) is 64.3 Å². The molecule has 0 heterocycles. The lowest BCUT2D eigenvalue weighted by molar-refractivity contribution is -0.118. The minimum Gasteiger partial charge on any atom is -0.478 e. The minimum atomic E-state index is -0.913. The third-order valence-corrected chi connectivity index (χ3v) is 2.55. The molecule has 1 amide bonds. The van der Waals surface area contributed by atoms with Gasteiger partial charge in [-0.1, -0.05) is 6.07 Å². The lowest BCUT2D eigenvalue weighted by Crippen LogP contribution is -2.21. The highest BCUT2D eigenvalue weighted by molar-refractivity contribution is 5.94. The molecule has 110 valence electrons. The second-order valence-corrected chi connectivity index (χ2v) is 4.12. The van der Waals surface area contributed by atoms with Crippen LogP contribution >= 0.6 is 0 Å². The third-order valence-electron chi connectivity index (χ3n) is 2.55. The van der Waals surface area contributed by atoms with E-state index in [4.69, 9.17) is 10.5 Å². The van der Waals surface area contributed by atoms with Gasteiger partial charge in [0.15, 0.2) is 24.0 Å². The van der Waals surface area contributed by atoms with E-state index in [0.717, 1.165) is 24.3 Å². The van der Waals surface area contributed by atoms with Crippen LogP contribution in [0.25, 0.3) is 0 Å². The van der Waals surface area contributed by atoms with Gasteiger partial charge in [0.2, 0.25) is 0 Å². The fourth-order valence-electron chi connectivity index (χ4n) is 1.59. The summed E-state index contributed by atoms with van der Waals surface area (Å²) in [6, 6.07) is 6.61. The van der Waals surface area contributed by atoms with Gasteiger partial charge in [-0.2, -0.15) is 0 Å². The molecular formula is C14H11F3N2O2. The number of benzene rings is 2. The number of carbonyl (C=O) groups is 1. The first-order valence-corrected chi connectivity index (χ1v) is 5.89. The van der Waals surface area contributed by atoms with Crippen LogP contribution in [0.3, 0.4) is 0 Å². The summed E-state index contributed by atoms with van der Waals surface area (Å²) in [5.41, 5.74) is 5.72. The largest absolute Gasteiger partial charge is 0.478 e. The lowest BCUT2D eigenvalue weighted by Gasteiger charge is -2.10. The number of ether oxygens (including phenoxy) is 1. The molecule has 0 spiro atoms. The maximum absolute atomic E-state index is 13.3. The van der Waals surface area contributed by atoms with Gasteiger partial charge in [-0.25, -0.2) is 13.2 Å². The summed E-state index contributed by atoms with van der Waals surface area (Å²) in [6.45, 7) is -0.616. The van der Waals surface area contributed by atoms with Crippen LogP contribution < -0.4 is 15.8 Å². The van der Waals surface area contributed by atoms with Gasteiger partial charge < -0.3 is 15.8 Å². The molecule has 0 bridgehead atoms. The predicted molar refractivity (Wildman–Crippen MR) is 71.3 cm³/mol. The van der Waals surface area contributed by atoms with Gasteiger partial charge in [-0.05, 0) is 30.3 Å². The second kappa shape index (κ2) is 6.17. The van der Waals surface area contributed by atoms with Crippen molar-refractivity contribution in [2.75, 3.05) is 17.7 Å². The standard InChI is InChI=1S/C14H11F3N2O2/c15-8-4-5-12(11(18)6-8)19-13(20)7-21-14-9(16)2-1-3-10(14)17/h1-6H,7,18H2,(H,19,20). The fourth-order valence-corrected chi connectivity index (χ4v) is 1.59. The number of para-hydroxylation sites is 1. The lowest BCUT2D eigenvalue weighted by atomic mass is 10.2. The van der Waals surface area contributed by atoms with Gasteiger partial charge in [-0.15, -0.1) is 0 Å². The van der Waals surface area contributed by atoms with Crippen molar-refractivity contribution in [1.82, 2.24) is 0 Å². The summed E-state index contributed by atoms with van der Waals surface area (Å²) in [6.07, 6.45) is 0. The highest BCUT2D eigenvalue weighted by Crippen LogP contribution is 2.21. The van der Waals surface area contributed by atoms with E-state index >= 15 is 0 Å². The monoisotopic (exact) mass is 296 g/mol. The number of hydrogen-bond acceptors (Lipinski definition) is 3. The summed E-state index contributed by atoms with van der Waals surface area (Å²) in [5.74, 6) is -3.70. The van der Waals surface area contributed by atoms with Crippen molar-refractivity contribution in [2.45, 2.75) is 0 Å². The van der Waals surface area contributed by atoms with E-state index in [1.165, 1.54) is 12.1 Å². The molecule has 0 saturated carbocycles. The van der Waals surface area contributed by atoms with Gasteiger partial charge in [0, 0.05) is 0 Å². The van der Waals surface area contributed by atoms with E-state index in [1.807, 2.05) is 0 Å². The molecule has 0 saturated heterocycles. The Kier molecular flexibility index (Phi) is 4.32. The van der Waals surface area contributed by atoms with Gasteiger partial charge in [0.1, 0.15) is 5.82 Å². The van der Waals surface area contributed by atoms with Crippen molar-refractivity contribution >= 4 is 17.3 Å². The molecular weight excluding hydrogens is 285 g/mol. The first kappa shape index (κ1) is 14.7. The Morgan fingerprint density at radius 1 is 1.14 bits per heavy atom. The molecule has 0 atom stereocenters. The molecule has 0 unspecified atom stereocenters. The smallest absolute Gasteiger partial charge is 0.262 e. The Labute approximate surface area is 118 Å². The number of rotatable bonds is 4. The molecule has 0 aliphatic carbocycles. The maximum atomic E-state index is 13.3. The SMILES string of the molecule is Nc1cc(F)ccc1NC(=O)COc1c(F)cccc1F.